The van der Waals surface area contributed by atoms with Gasteiger partial charge in [-0.15, -0.1) is 0 Å². The van der Waals surface area contributed by atoms with Gasteiger partial charge in [0.1, 0.15) is 5.70 Å². The number of hydrogen-bond donors (Lipinski definition) is 1. The largest absolute Gasteiger partial charge is 0.395 e. The molecule has 8 nitrogen and oxygen atoms in total. The number of carbonyl (C=O) groups excluding carboxylic acids is 2. The van der Waals surface area contributed by atoms with E-state index in [0.29, 0.717) is 18.5 Å². The highest BCUT2D eigenvalue weighted by atomic mass is 16.6. The first-order valence-electron chi connectivity index (χ1n) is 7.59. The molecule has 0 saturated carbocycles. The van der Waals surface area contributed by atoms with Crippen LogP contribution < -0.4 is 0 Å². The zero-order chi connectivity index (χ0) is 17.9. The Bertz CT molecular complexity index is 696. The molecular formula is C16H19N3O5. The van der Waals surface area contributed by atoms with E-state index in [0.717, 1.165) is 0 Å². The number of aliphatic hydroxyl groups excluding tert-OH is 1. The van der Waals surface area contributed by atoms with Gasteiger partial charge in [0.15, 0.2) is 0 Å². The molecule has 0 unspecified atom stereocenters. The van der Waals surface area contributed by atoms with Crippen LogP contribution in [0.4, 0.5) is 5.69 Å². The molecule has 0 radical (unpaired) electrons. The summed E-state index contributed by atoms with van der Waals surface area (Å²) in [5, 5.41) is 19.9. The van der Waals surface area contributed by atoms with Crippen LogP contribution in [0.2, 0.25) is 0 Å². The molecule has 24 heavy (non-hydrogen) atoms. The summed E-state index contributed by atoms with van der Waals surface area (Å²) in [5.41, 5.74) is 0.764. The van der Waals surface area contributed by atoms with E-state index in [1.807, 2.05) is 6.92 Å². The Morgan fingerprint density at radius 1 is 1.21 bits per heavy atom. The minimum absolute atomic E-state index is 0.0909. The number of nitrogens with zero attached hydrogens (tertiary/aromatic N) is 3. The first kappa shape index (κ1) is 17.6. The van der Waals surface area contributed by atoms with Gasteiger partial charge >= 0.3 is 0 Å². The molecule has 1 aromatic rings. The fourth-order valence-electron chi connectivity index (χ4n) is 2.62. The smallest absolute Gasteiger partial charge is 0.277 e. The SMILES string of the molecule is CCCN1C(=O)C(c2ccc([N+](=O)[O-])cc2)=C(N(C)CCO)C1=O. The second-order valence-electron chi connectivity index (χ2n) is 5.43. The van der Waals surface area contributed by atoms with Gasteiger partial charge in [-0.2, -0.15) is 0 Å². The van der Waals surface area contributed by atoms with Crippen LogP contribution in [-0.2, 0) is 9.59 Å². The quantitative estimate of drug-likeness (QED) is 0.454. The summed E-state index contributed by atoms with van der Waals surface area (Å²) < 4.78 is 0. The van der Waals surface area contributed by atoms with E-state index in [1.165, 1.54) is 34.1 Å². The molecule has 1 N–H and O–H groups in total. The summed E-state index contributed by atoms with van der Waals surface area (Å²) in [5.74, 6) is -0.832. The Morgan fingerprint density at radius 2 is 1.83 bits per heavy atom. The summed E-state index contributed by atoms with van der Waals surface area (Å²) in [6, 6.07) is 5.51. The fourth-order valence-corrected chi connectivity index (χ4v) is 2.62. The number of amides is 2. The molecule has 0 aromatic heterocycles. The predicted molar refractivity (Wildman–Crippen MR) is 86.7 cm³/mol. The van der Waals surface area contributed by atoms with E-state index in [1.54, 1.807) is 7.05 Å². The minimum atomic E-state index is -0.526. The van der Waals surface area contributed by atoms with Gasteiger partial charge in [-0.25, -0.2) is 0 Å². The van der Waals surface area contributed by atoms with Gasteiger partial charge in [-0.3, -0.25) is 24.6 Å². The number of likely N-dealkylation sites (N-methyl/N-ethyl adjacent to an activating group) is 1. The number of aliphatic hydroxyl groups is 1. The monoisotopic (exact) mass is 333 g/mol. The van der Waals surface area contributed by atoms with Gasteiger partial charge in [-0.05, 0) is 24.1 Å². The number of nitro groups is 1. The highest BCUT2D eigenvalue weighted by Crippen LogP contribution is 2.31. The number of benzene rings is 1. The number of nitro benzene ring substituents is 1. The number of rotatable bonds is 7. The molecular weight excluding hydrogens is 314 g/mol. The van der Waals surface area contributed by atoms with E-state index in [-0.39, 0.29) is 30.1 Å². The van der Waals surface area contributed by atoms with Crippen LogP contribution in [0, 0.1) is 10.1 Å². The van der Waals surface area contributed by atoms with E-state index < -0.39 is 16.7 Å². The lowest BCUT2D eigenvalue weighted by Crippen LogP contribution is -2.35. The van der Waals surface area contributed by atoms with Gasteiger partial charge in [0.2, 0.25) is 0 Å². The summed E-state index contributed by atoms with van der Waals surface area (Å²) in [6.45, 7) is 2.19. The Morgan fingerprint density at radius 3 is 2.33 bits per heavy atom. The van der Waals surface area contributed by atoms with Crippen LogP contribution in [0.25, 0.3) is 5.57 Å². The molecule has 1 aliphatic rings. The highest BCUT2D eigenvalue weighted by Gasteiger charge is 2.40. The maximum atomic E-state index is 12.7. The van der Waals surface area contributed by atoms with Crippen molar-refractivity contribution in [2.24, 2.45) is 0 Å². The summed E-state index contributed by atoms with van der Waals surface area (Å²) >= 11 is 0. The number of non-ortho nitro benzene ring substituents is 1. The van der Waals surface area contributed by atoms with Gasteiger partial charge in [0.25, 0.3) is 17.5 Å². The van der Waals surface area contributed by atoms with Gasteiger partial charge in [0, 0.05) is 32.3 Å². The average Bonchev–Trinajstić information content (AvgIpc) is 2.80. The normalized spacial score (nSPS) is 14.5. The lowest BCUT2D eigenvalue weighted by Gasteiger charge is -2.20. The maximum Gasteiger partial charge on any atom is 0.277 e. The molecule has 0 bridgehead atoms. The lowest BCUT2D eigenvalue weighted by molar-refractivity contribution is -0.384. The molecule has 0 fully saturated rings. The van der Waals surface area contributed by atoms with Crippen LogP contribution in [0.5, 0.6) is 0 Å². The summed E-state index contributed by atoms with van der Waals surface area (Å²) in [4.78, 5) is 38.2. The van der Waals surface area contributed by atoms with E-state index in [2.05, 4.69) is 0 Å². The van der Waals surface area contributed by atoms with Crippen molar-refractivity contribution >= 4 is 23.1 Å². The average molecular weight is 333 g/mol. The molecule has 1 aromatic carbocycles. The Kier molecular flexibility index (Phi) is 5.30. The Balaban J connectivity index is 2.52. The Hall–Kier alpha value is -2.74. The van der Waals surface area contributed by atoms with Crippen molar-refractivity contribution in [3.63, 3.8) is 0 Å². The number of carbonyl (C=O) groups is 2. The standard InChI is InChI=1S/C16H19N3O5/c1-3-8-18-15(21)13(14(16(18)22)17(2)9-10-20)11-4-6-12(7-5-11)19(23)24/h4-7,20H,3,8-10H2,1-2H3. The molecule has 128 valence electrons. The Labute approximate surface area is 139 Å². The van der Waals surface area contributed by atoms with Crippen LogP contribution in [-0.4, -0.2) is 58.4 Å². The molecule has 0 aliphatic carbocycles. The van der Waals surface area contributed by atoms with Crippen molar-refractivity contribution < 1.29 is 19.6 Å². The number of hydrogen-bond acceptors (Lipinski definition) is 6. The lowest BCUT2D eigenvalue weighted by atomic mass is 10.0. The van der Waals surface area contributed by atoms with E-state index in [9.17, 15) is 19.7 Å². The number of imide groups is 1. The van der Waals surface area contributed by atoms with Gasteiger partial charge < -0.3 is 10.0 Å². The second-order valence-corrected chi connectivity index (χ2v) is 5.43. The zero-order valence-electron chi connectivity index (χ0n) is 13.6. The fraction of sp³-hybridized carbons (Fsp3) is 0.375. The second kappa shape index (κ2) is 7.22. The predicted octanol–water partition coefficient (Wildman–Crippen LogP) is 1.01. The van der Waals surface area contributed by atoms with Crippen molar-refractivity contribution in [1.29, 1.82) is 0 Å². The van der Waals surface area contributed by atoms with E-state index >= 15 is 0 Å². The first-order valence-corrected chi connectivity index (χ1v) is 7.59. The third-order valence-corrected chi connectivity index (χ3v) is 3.77. The third kappa shape index (κ3) is 3.13. The molecule has 8 heteroatoms. The van der Waals surface area contributed by atoms with Crippen LogP contribution in [0.1, 0.15) is 18.9 Å². The minimum Gasteiger partial charge on any atom is -0.395 e. The molecule has 1 aliphatic heterocycles. The van der Waals surface area contributed by atoms with Crippen molar-refractivity contribution in [2.75, 3.05) is 26.7 Å². The van der Waals surface area contributed by atoms with Crippen molar-refractivity contribution in [3.8, 4) is 0 Å². The maximum absolute atomic E-state index is 12.7. The molecule has 0 saturated heterocycles. The van der Waals surface area contributed by atoms with Crippen molar-refractivity contribution in [2.45, 2.75) is 13.3 Å². The third-order valence-electron chi connectivity index (χ3n) is 3.77. The van der Waals surface area contributed by atoms with Crippen LogP contribution in [0.15, 0.2) is 30.0 Å². The topological polar surface area (TPSA) is 104 Å². The van der Waals surface area contributed by atoms with Crippen LogP contribution >= 0.6 is 0 Å². The van der Waals surface area contributed by atoms with Crippen LogP contribution in [0.3, 0.4) is 0 Å². The first-order chi connectivity index (χ1) is 11.4. The van der Waals surface area contributed by atoms with Gasteiger partial charge in [0.05, 0.1) is 17.1 Å². The molecule has 2 amide bonds. The molecule has 1 heterocycles. The van der Waals surface area contributed by atoms with Crippen molar-refractivity contribution in [3.05, 3.63) is 45.6 Å². The van der Waals surface area contributed by atoms with Crippen molar-refractivity contribution in [1.82, 2.24) is 9.80 Å². The molecule has 0 spiro atoms. The zero-order valence-corrected chi connectivity index (χ0v) is 13.6. The summed E-state index contributed by atoms with van der Waals surface area (Å²) in [7, 11) is 1.62. The van der Waals surface area contributed by atoms with E-state index in [4.69, 9.17) is 5.11 Å². The molecule has 0 atom stereocenters. The van der Waals surface area contributed by atoms with Gasteiger partial charge in [-0.1, -0.05) is 6.92 Å². The highest BCUT2D eigenvalue weighted by molar-refractivity contribution is 6.35. The summed E-state index contributed by atoms with van der Waals surface area (Å²) in [6.07, 6.45) is 0.627. The molecule has 2 rings (SSSR count).